The van der Waals surface area contributed by atoms with Gasteiger partial charge in [-0.1, -0.05) is 53.2 Å². The number of nitrogens with zero attached hydrogens (tertiary/aromatic N) is 1. The van der Waals surface area contributed by atoms with Crippen LogP contribution in [0.1, 0.15) is 13.3 Å². The zero-order valence-corrected chi connectivity index (χ0v) is 11.4. The minimum Gasteiger partial charge on any atom is -0.305 e. The normalized spacial score (nSPS) is 22.7. The lowest BCUT2D eigenvalue weighted by atomic mass is 10.1. The Morgan fingerprint density at radius 3 is 2.59 bits per heavy atom. The summed E-state index contributed by atoms with van der Waals surface area (Å²) in [6.45, 7) is 2.18. The predicted molar refractivity (Wildman–Crippen MR) is 74.4 cm³/mol. The fourth-order valence-electron chi connectivity index (χ4n) is 2.22. The Kier molecular flexibility index (Phi) is 4.00. The number of hydrogen-bond donors (Lipinski definition) is 0. The summed E-state index contributed by atoms with van der Waals surface area (Å²) in [5.74, 6) is 0.661. The maximum Gasteiger partial charge on any atom is 0.238 e. The zero-order chi connectivity index (χ0) is 12.3. The number of rotatable bonds is 3. The van der Waals surface area contributed by atoms with Gasteiger partial charge in [0.1, 0.15) is 0 Å². The van der Waals surface area contributed by atoms with Crippen LogP contribution in [0, 0.1) is 5.92 Å². The van der Waals surface area contributed by atoms with Crippen molar-refractivity contribution in [2.75, 3.05) is 10.2 Å². The second-order valence-electron chi connectivity index (χ2n) is 4.40. The highest BCUT2D eigenvalue weighted by atomic mass is 79.9. The molecule has 0 aliphatic heterocycles. The number of carbonyl (C=O) groups is 1. The van der Waals surface area contributed by atoms with Crippen LogP contribution in [0.4, 0.5) is 5.69 Å². The van der Waals surface area contributed by atoms with Crippen LogP contribution in [0.2, 0.25) is 0 Å². The minimum absolute atomic E-state index is 0.111. The first-order chi connectivity index (χ1) is 8.22. The molecule has 0 spiro atoms. The van der Waals surface area contributed by atoms with Gasteiger partial charge in [0.2, 0.25) is 5.91 Å². The fourth-order valence-corrected chi connectivity index (χ4v) is 2.49. The average Bonchev–Trinajstić information content (AvgIpc) is 2.77. The number of benzene rings is 1. The molecule has 17 heavy (non-hydrogen) atoms. The van der Waals surface area contributed by atoms with Crippen LogP contribution in [0.3, 0.4) is 0 Å². The number of alkyl halides is 1. The number of hydrogen-bond acceptors (Lipinski definition) is 1. The van der Waals surface area contributed by atoms with Gasteiger partial charge in [0, 0.05) is 5.69 Å². The number of halogens is 1. The van der Waals surface area contributed by atoms with Gasteiger partial charge in [0.25, 0.3) is 0 Å². The van der Waals surface area contributed by atoms with Crippen LogP contribution in [-0.2, 0) is 4.79 Å². The highest BCUT2D eigenvalue weighted by molar-refractivity contribution is 9.09. The van der Waals surface area contributed by atoms with Gasteiger partial charge in [-0.25, -0.2) is 0 Å². The third-order valence-corrected chi connectivity index (χ3v) is 3.50. The Morgan fingerprint density at radius 2 is 2.06 bits per heavy atom. The molecule has 0 bridgehead atoms. The van der Waals surface area contributed by atoms with E-state index in [0.717, 1.165) is 12.1 Å². The number of anilines is 1. The van der Waals surface area contributed by atoms with Crippen LogP contribution in [0.5, 0.6) is 0 Å². The number of allylic oxidation sites excluding steroid dienone is 1. The topological polar surface area (TPSA) is 20.3 Å². The Bertz CT molecular complexity index is 415. The summed E-state index contributed by atoms with van der Waals surface area (Å²) < 4.78 is 0. The molecule has 1 aromatic carbocycles. The zero-order valence-electron chi connectivity index (χ0n) is 9.84. The monoisotopic (exact) mass is 293 g/mol. The van der Waals surface area contributed by atoms with Crippen molar-refractivity contribution in [1.29, 1.82) is 0 Å². The maximum absolute atomic E-state index is 12.1. The van der Waals surface area contributed by atoms with Crippen molar-refractivity contribution in [3.8, 4) is 0 Å². The summed E-state index contributed by atoms with van der Waals surface area (Å²) >= 11 is 3.26. The van der Waals surface area contributed by atoms with Crippen molar-refractivity contribution in [3.63, 3.8) is 0 Å². The molecule has 1 amide bonds. The lowest BCUT2D eigenvalue weighted by Gasteiger charge is -2.28. The van der Waals surface area contributed by atoms with Crippen molar-refractivity contribution >= 4 is 27.5 Å². The number of para-hydroxylation sites is 1. The lowest BCUT2D eigenvalue weighted by molar-refractivity contribution is -0.116. The molecule has 1 aliphatic carbocycles. The van der Waals surface area contributed by atoms with Crippen LogP contribution in [0.25, 0.3) is 0 Å². The largest absolute Gasteiger partial charge is 0.305 e. The first kappa shape index (κ1) is 12.4. The molecule has 2 nitrogen and oxygen atoms in total. The summed E-state index contributed by atoms with van der Waals surface area (Å²) in [6, 6.07) is 10.1. The van der Waals surface area contributed by atoms with Gasteiger partial charge < -0.3 is 4.90 Å². The highest BCUT2D eigenvalue weighted by Gasteiger charge is 2.26. The van der Waals surface area contributed by atoms with Gasteiger partial charge >= 0.3 is 0 Å². The number of carbonyl (C=O) groups excluding carboxylic acids is 1. The molecular formula is C14H16BrNO. The quantitative estimate of drug-likeness (QED) is 0.618. The van der Waals surface area contributed by atoms with Crippen LogP contribution < -0.4 is 4.90 Å². The van der Waals surface area contributed by atoms with Gasteiger partial charge in [0.05, 0.1) is 11.4 Å². The summed E-state index contributed by atoms with van der Waals surface area (Å²) in [5, 5.41) is 0.362. The van der Waals surface area contributed by atoms with Gasteiger partial charge in [-0.05, 0) is 24.5 Å². The molecule has 0 N–H and O–H groups in total. The summed E-state index contributed by atoms with van der Waals surface area (Å²) in [5.41, 5.74) is 0.973. The minimum atomic E-state index is 0.111. The molecule has 1 aliphatic rings. The van der Waals surface area contributed by atoms with E-state index >= 15 is 0 Å². The second-order valence-corrected chi connectivity index (χ2v) is 4.96. The highest BCUT2D eigenvalue weighted by Crippen LogP contribution is 2.27. The molecule has 0 saturated carbocycles. The first-order valence-corrected chi connectivity index (χ1v) is 6.96. The summed E-state index contributed by atoms with van der Waals surface area (Å²) in [7, 11) is 0. The van der Waals surface area contributed by atoms with Crippen LogP contribution in [0.15, 0.2) is 42.5 Å². The smallest absolute Gasteiger partial charge is 0.238 e. The molecule has 3 heteroatoms. The summed E-state index contributed by atoms with van der Waals surface area (Å²) in [6.07, 6.45) is 5.33. The van der Waals surface area contributed by atoms with E-state index in [2.05, 4.69) is 35.0 Å². The van der Waals surface area contributed by atoms with Crippen LogP contribution >= 0.6 is 15.9 Å². The van der Waals surface area contributed by atoms with Gasteiger partial charge in [-0.15, -0.1) is 0 Å². The van der Waals surface area contributed by atoms with E-state index < -0.39 is 0 Å². The fraction of sp³-hybridized carbons (Fsp3) is 0.357. The van der Waals surface area contributed by atoms with Crippen molar-refractivity contribution in [3.05, 3.63) is 42.5 Å². The van der Waals surface area contributed by atoms with Crippen molar-refractivity contribution < 1.29 is 4.79 Å². The molecule has 0 heterocycles. The molecule has 0 fully saturated rings. The van der Waals surface area contributed by atoms with E-state index in [1.165, 1.54) is 0 Å². The standard InChI is InChI=1S/C14H16BrNO/c1-11-7-8-13(9-11)16(14(17)10-15)12-5-3-2-4-6-12/h2-8,11,13H,9-10H2,1H3. The van der Waals surface area contributed by atoms with E-state index in [0.29, 0.717) is 11.2 Å². The molecular weight excluding hydrogens is 278 g/mol. The number of amides is 1. The van der Waals surface area contributed by atoms with Crippen molar-refractivity contribution in [2.45, 2.75) is 19.4 Å². The molecule has 2 rings (SSSR count). The van der Waals surface area contributed by atoms with Crippen molar-refractivity contribution in [1.82, 2.24) is 0 Å². The van der Waals surface area contributed by atoms with E-state index in [1.54, 1.807) is 0 Å². The molecule has 2 atom stereocenters. The Balaban J connectivity index is 2.26. The Hall–Kier alpha value is -1.09. The molecule has 1 aromatic rings. The van der Waals surface area contributed by atoms with Gasteiger partial charge in [-0.2, -0.15) is 0 Å². The second kappa shape index (κ2) is 5.50. The maximum atomic E-state index is 12.1. The third-order valence-electron chi connectivity index (χ3n) is 3.02. The van der Waals surface area contributed by atoms with E-state index in [-0.39, 0.29) is 11.9 Å². The Morgan fingerprint density at radius 1 is 1.35 bits per heavy atom. The summed E-state index contributed by atoms with van der Waals surface area (Å²) in [4.78, 5) is 13.9. The third kappa shape index (κ3) is 2.78. The van der Waals surface area contributed by atoms with E-state index in [9.17, 15) is 4.79 Å². The average molecular weight is 294 g/mol. The SMILES string of the molecule is CC1C=CC(N(C(=O)CBr)c2ccccc2)C1. The van der Waals surface area contributed by atoms with Gasteiger partial charge in [-0.3, -0.25) is 4.79 Å². The van der Waals surface area contributed by atoms with Gasteiger partial charge in [0.15, 0.2) is 0 Å². The molecule has 90 valence electrons. The van der Waals surface area contributed by atoms with E-state index in [4.69, 9.17) is 0 Å². The predicted octanol–water partition coefficient (Wildman–Crippen LogP) is 3.38. The Labute approximate surface area is 110 Å². The lowest BCUT2D eigenvalue weighted by Crippen LogP contribution is -2.39. The molecule has 0 radical (unpaired) electrons. The molecule has 0 aromatic heterocycles. The molecule has 2 unspecified atom stereocenters. The first-order valence-electron chi connectivity index (χ1n) is 5.83. The van der Waals surface area contributed by atoms with Crippen LogP contribution in [-0.4, -0.2) is 17.3 Å². The van der Waals surface area contributed by atoms with Crippen molar-refractivity contribution in [2.24, 2.45) is 5.92 Å². The molecule has 0 saturated heterocycles. The van der Waals surface area contributed by atoms with E-state index in [1.807, 2.05) is 35.2 Å².